The highest BCUT2D eigenvalue weighted by atomic mass is 16.3. The standard InChI is InChI=1S/C9H14O/c1-5-8(4)6-9(10)7(2)3/h5-6,10H,2H2,1,3-4H3/b8-5-,9-6+. The van der Waals surface area contributed by atoms with Gasteiger partial charge in [-0.1, -0.05) is 18.2 Å². The van der Waals surface area contributed by atoms with Crippen molar-refractivity contribution in [1.29, 1.82) is 0 Å². The largest absolute Gasteiger partial charge is 0.508 e. The lowest BCUT2D eigenvalue weighted by molar-refractivity contribution is 0.423. The summed E-state index contributed by atoms with van der Waals surface area (Å²) in [5.74, 6) is 0.260. The maximum Gasteiger partial charge on any atom is 0.118 e. The van der Waals surface area contributed by atoms with Crippen LogP contribution in [-0.2, 0) is 0 Å². The van der Waals surface area contributed by atoms with Crippen molar-refractivity contribution >= 4 is 0 Å². The molecule has 10 heavy (non-hydrogen) atoms. The Hall–Kier alpha value is -0.980. The van der Waals surface area contributed by atoms with Gasteiger partial charge in [0.2, 0.25) is 0 Å². The van der Waals surface area contributed by atoms with Crippen molar-refractivity contribution in [1.82, 2.24) is 0 Å². The minimum atomic E-state index is 0.260. The molecule has 1 nitrogen and oxygen atoms in total. The molecule has 0 saturated heterocycles. The first-order valence-electron chi connectivity index (χ1n) is 3.27. The van der Waals surface area contributed by atoms with Gasteiger partial charge >= 0.3 is 0 Å². The molecule has 0 aliphatic carbocycles. The molecule has 56 valence electrons. The second-order valence-corrected chi connectivity index (χ2v) is 2.34. The average molecular weight is 138 g/mol. The molecule has 0 aliphatic rings. The lowest BCUT2D eigenvalue weighted by Gasteiger charge is -1.96. The molecule has 0 aromatic rings. The Morgan fingerprint density at radius 3 is 2.20 bits per heavy atom. The second kappa shape index (κ2) is 3.94. The zero-order chi connectivity index (χ0) is 8.15. The Balaban J connectivity index is 4.31. The number of aliphatic hydroxyl groups is 1. The van der Waals surface area contributed by atoms with Crippen LogP contribution < -0.4 is 0 Å². The quantitative estimate of drug-likeness (QED) is 0.459. The summed E-state index contributed by atoms with van der Waals surface area (Å²) in [5.41, 5.74) is 1.74. The van der Waals surface area contributed by atoms with Gasteiger partial charge in [-0.3, -0.25) is 0 Å². The molecule has 0 radical (unpaired) electrons. The summed E-state index contributed by atoms with van der Waals surface area (Å²) in [4.78, 5) is 0. The van der Waals surface area contributed by atoms with E-state index in [1.165, 1.54) is 0 Å². The van der Waals surface area contributed by atoms with Gasteiger partial charge < -0.3 is 5.11 Å². The number of rotatable bonds is 2. The summed E-state index contributed by atoms with van der Waals surface area (Å²) < 4.78 is 0. The van der Waals surface area contributed by atoms with Gasteiger partial charge in [0.25, 0.3) is 0 Å². The number of allylic oxidation sites excluding steroid dienone is 4. The highest BCUT2D eigenvalue weighted by Crippen LogP contribution is 2.05. The molecular weight excluding hydrogens is 124 g/mol. The van der Waals surface area contributed by atoms with Gasteiger partial charge in [0.05, 0.1) is 0 Å². The van der Waals surface area contributed by atoms with Crippen LogP contribution in [0.4, 0.5) is 0 Å². The molecule has 0 aliphatic heterocycles. The van der Waals surface area contributed by atoms with E-state index in [2.05, 4.69) is 6.58 Å². The lowest BCUT2D eigenvalue weighted by atomic mass is 10.2. The fraction of sp³-hybridized carbons (Fsp3) is 0.333. The Bertz CT molecular complexity index is 185. The third kappa shape index (κ3) is 3.13. The molecular formula is C9H14O. The third-order valence-corrected chi connectivity index (χ3v) is 1.26. The summed E-state index contributed by atoms with van der Waals surface area (Å²) in [5, 5.41) is 9.15. The van der Waals surface area contributed by atoms with Crippen LogP contribution in [0.5, 0.6) is 0 Å². The summed E-state index contributed by atoms with van der Waals surface area (Å²) in [7, 11) is 0. The monoisotopic (exact) mass is 138 g/mol. The van der Waals surface area contributed by atoms with Crippen LogP contribution in [0.25, 0.3) is 0 Å². The number of hydrogen-bond donors (Lipinski definition) is 1. The van der Waals surface area contributed by atoms with Crippen molar-refractivity contribution in [2.75, 3.05) is 0 Å². The highest BCUT2D eigenvalue weighted by molar-refractivity contribution is 5.27. The fourth-order valence-electron chi connectivity index (χ4n) is 0.422. The molecule has 0 amide bonds. The first kappa shape index (κ1) is 9.02. The smallest absolute Gasteiger partial charge is 0.118 e. The normalized spacial score (nSPS) is 13.5. The Morgan fingerprint density at radius 2 is 1.90 bits per heavy atom. The predicted octanol–water partition coefficient (Wildman–Crippen LogP) is 2.97. The van der Waals surface area contributed by atoms with Gasteiger partial charge in [0.15, 0.2) is 0 Å². The summed E-state index contributed by atoms with van der Waals surface area (Å²) >= 11 is 0. The van der Waals surface area contributed by atoms with Crippen LogP contribution in [0.15, 0.2) is 35.6 Å². The van der Waals surface area contributed by atoms with E-state index in [-0.39, 0.29) is 5.76 Å². The van der Waals surface area contributed by atoms with Gasteiger partial charge in [-0.25, -0.2) is 0 Å². The van der Waals surface area contributed by atoms with Gasteiger partial charge in [-0.05, 0) is 32.4 Å². The Morgan fingerprint density at radius 1 is 1.40 bits per heavy atom. The molecule has 0 atom stereocenters. The van der Waals surface area contributed by atoms with Crippen molar-refractivity contribution in [3.8, 4) is 0 Å². The first-order valence-corrected chi connectivity index (χ1v) is 3.27. The minimum Gasteiger partial charge on any atom is -0.508 e. The fourth-order valence-corrected chi connectivity index (χ4v) is 0.422. The van der Waals surface area contributed by atoms with E-state index in [1.54, 1.807) is 13.0 Å². The third-order valence-electron chi connectivity index (χ3n) is 1.26. The minimum absolute atomic E-state index is 0.260. The number of hydrogen-bond acceptors (Lipinski definition) is 1. The Kier molecular flexibility index (Phi) is 3.55. The topological polar surface area (TPSA) is 20.2 Å². The summed E-state index contributed by atoms with van der Waals surface area (Å²) in [6.45, 7) is 9.23. The first-order chi connectivity index (χ1) is 4.57. The SMILES string of the molecule is C=C(C)/C(O)=C\C(C)=C/C. The number of aliphatic hydroxyl groups excluding tert-OH is 1. The van der Waals surface area contributed by atoms with E-state index in [9.17, 15) is 0 Å². The zero-order valence-corrected chi connectivity index (χ0v) is 6.81. The van der Waals surface area contributed by atoms with Gasteiger partial charge in [0, 0.05) is 0 Å². The van der Waals surface area contributed by atoms with Crippen LogP contribution in [-0.4, -0.2) is 5.11 Å². The molecule has 0 heterocycles. The predicted molar refractivity (Wildman–Crippen MR) is 45.0 cm³/mol. The molecule has 0 aromatic heterocycles. The van der Waals surface area contributed by atoms with Crippen LogP contribution >= 0.6 is 0 Å². The van der Waals surface area contributed by atoms with Crippen molar-refractivity contribution < 1.29 is 5.11 Å². The van der Waals surface area contributed by atoms with E-state index in [0.717, 1.165) is 5.57 Å². The van der Waals surface area contributed by atoms with Crippen LogP contribution in [0.2, 0.25) is 0 Å². The molecule has 0 rings (SSSR count). The second-order valence-electron chi connectivity index (χ2n) is 2.34. The lowest BCUT2D eigenvalue weighted by Crippen LogP contribution is -1.81. The zero-order valence-electron chi connectivity index (χ0n) is 6.81. The molecule has 0 saturated carbocycles. The maximum absolute atomic E-state index is 9.15. The van der Waals surface area contributed by atoms with E-state index in [4.69, 9.17) is 5.11 Å². The molecule has 0 unspecified atom stereocenters. The van der Waals surface area contributed by atoms with Gasteiger partial charge in [-0.15, -0.1) is 0 Å². The van der Waals surface area contributed by atoms with Crippen LogP contribution in [0, 0.1) is 0 Å². The van der Waals surface area contributed by atoms with Crippen molar-refractivity contribution in [3.63, 3.8) is 0 Å². The molecule has 0 bridgehead atoms. The molecule has 0 fully saturated rings. The van der Waals surface area contributed by atoms with E-state index in [0.29, 0.717) is 5.57 Å². The van der Waals surface area contributed by atoms with Crippen LogP contribution in [0.3, 0.4) is 0 Å². The van der Waals surface area contributed by atoms with E-state index >= 15 is 0 Å². The van der Waals surface area contributed by atoms with Crippen molar-refractivity contribution in [3.05, 3.63) is 35.6 Å². The molecule has 0 spiro atoms. The molecule has 1 N–H and O–H groups in total. The van der Waals surface area contributed by atoms with Gasteiger partial charge in [0.1, 0.15) is 5.76 Å². The van der Waals surface area contributed by atoms with E-state index in [1.807, 2.05) is 19.9 Å². The summed E-state index contributed by atoms with van der Waals surface area (Å²) in [6.07, 6.45) is 3.63. The molecule has 0 aromatic carbocycles. The maximum atomic E-state index is 9.15. The summed E-state index contributed by atoms with van der Waals surface area (Å²) in [6, 6.07) is 0. The van der Waals surface area contributed by atoms with Crippen LogP contribution in [0.1, 0.15) is 20.8 Å². The van der Waals surface area contributed by atoms with Crippen molar-refractivity contribution in [2.24, 2.45) is 0 Å². The van der Waals surface area contributed by atoms with Gasteiger partial charge in [-0.2, -0.15) is 0 Å². The van der Waals surface area contributed by atoms with E-state index < -0.39 is 0 Å². The highest BCUT2D eigenvalue weighted by Gasteiger charge is 1.91. The molecule has 1 heteroatoms. The van der Waals surface area contributed by atoms with Crippen molar-refractivity contribution in [2.45, 2.75) is 20.8 Å². The Labute approximate surface area is 62.4 Å². The average Bonchev–Trinajstić information content (AvgIpc) is 1.87.